The highest BCUT2D eigenvalue weighted by Crippen LogP contribution is 2.39. The first-order valence-electron chi connectivity index (χ1n) is 8.45. The molecule has 0 spiro atoms. The van der Waals surface area contributed by atoms with Gasteiger partial charge in [-0.15, -0.1) is 16.4 Å². The van der Waals surface area contributed by atoms with Gasteiger partial charge in [-0.25, -0.2) is 4.79 Å². The molecule has 0 saturated heterocycles. The number of aromatic nitrogens is 2. The minimum absolute atomic E-state index is 0.0403. The molecule has 0 aromatic carbocycles. The van der Waals surface area contributed by atoms with Crippen molar-refractivity contribution in [3.63, 3.8) is 0 Å². The summed E-state index contributed by atoms with van der Waals surface area (Å²) in [7, 11) is 0. The van der Waals surface area contributed by atoms with Gasteiger partial charge in [0.1, 0.15) is 9.47 Å². The van der Waals surface area contributed by atoms with E-state index in [1.807, 2.05) is 6.92 Å². The van der Waals surface area contributed by atoms with Gasteiger partial charge in [0.05, 0.1) is 12.2 Å². The van der Waals surface area contributed by atoms with Crippen molar-refractivity contribution in [1.29, 1.82) is 0 Å². The summed E-state index contributed by atoms with van der Waals surface area (Å²) in [6.07, 6.45) is 4.31. The van der Waals surface area contributed by atoms with Gasteiger partial charge < -0.3 is 20.2 Å². The van der Waals surface area contributed by atoms with Crippen LogP contribution in [0.15, 0.2) is 4.47 Å². The van der Waals surface area contributed by atoms with Crippen molar-refractivity contribution in [3.8, 4) is 0 Å². The number of ether oxygens (including phenoxy) is 1. The summed E-state index contributed by atoms with van der Waals surface area (Å²) in [6, 6.07) is 0. The van der Waals surface area contributed by atoms with E-state index >= 15 is 0 Å². The largest absolute Gasteiger partial charge is 0.462 e. The number of thiophene rings is 1. The number of nitrogens with one attached hydrogen (secondary N) is 2. The SMILES string of the molecule is CCCOC(=O)c1c(NC(=O)c2n[nH]c([N+](=O)[O-])c2Br)sc2c1CCCC2. The van der Waals surface area contributed by atoms with Gasteiger partial charge in [0.15, 0.2) is 5.69 Å². The monoisotopic (exact) mass is 456 g/mol. The van der Waals surface area contributed by atoms with Crippen LogP contribution in [0.5, 0.6) is 0 Å². The Morgan fingerprint density at radius 1 is 1.41 bits per heavy atom. The van der Waals surface area contributed by atoms with Gasteiger partial charge in [-0.1, -0.05) is 12.0 Å². The summed E-state index contributed by atoms with van der Waals surface area (Å²) in [5, 5.41) is 19.9. The molecule has 144 valence electrons. The molecule has 2 heterocycles. The number of amides is 1. The van der Waals surface area contributed by atoms with Crippen molar-refractivity contribution in [3.05, 3.63) is 36.3 Å². The average Bonchev–Trinajstić information content (AvgIpc) is 3.19. The maximum Gasteiger partial charge on any atom is 0.357 e. The molecule has 0 bridgehead atoms. The van der Waals surface area contributed by atoms with Crippen molar-refractivity contribution in [2.45, 2.75) is 39.0 Å². The quantitative estimate of drug-likeness (QED) is 0.386. The van der Waals surface area contributed by atoms with E-state index < -0.39 is 22.6 Å². The number of aryl methyl sites for hydroxylation is 1. The van der Waals surface area contributed by atoms with E-state index in [1.165, 1.54) is 11.3 Å². The first kappa shape index (κ1) is 19.5. The lowest BCUT2D eigenvalue weighted by atomic mass is 9.95. The van der Waals surface area contributed by atoms with Gasteiger partial charge in [0.25, 0.3) is 5.91 Å². The first-order chi connectivity index (χ1) is 12.9. The van der Waals surface area contributed by atoms with Crippen LogP contribution in [-0.2, 0) is 17.6 Å². The van der Waals surface area contributed by atoms with Crippen molar-refractivity contribution >= 4 is 50.0 Å². The molecule has 0 aliphatic heterocycles. The van der Waals surface area contributed by atoms with Crippen molar-refractivity contribution in [1.82, 2.24) is 10.2 Å². The van der Waals surface area contributed by atoms with E-state index in [9.17, 15) is 19.7 Å². The number of esters is 1. The number of hydrogen-bond donors (Lipinski definition) is 2. The number of carbonyl (C=O) groups is 2. The number of nitro groups is 1. The van der Waals surface area contributed by atoms with Gasteiger partial charge >= 0.3 is 11.8 Å². The Morgan fingerprint density at radius 3 is 2.81 bits per heavy atom. The zero-order valence-electron chi connectivity index (χ0n) is 14.5. The Kier molecular flexibility index (Phi) is 5.90. The molecular weight excluding hydrogens is 440 g/mol. The number of H-pyrrole nitrogens is 1. The Bertz CT molecular complexity index is 907. The number of carbonyl (C=O) groups excluding carboxylic acids is 2. The molecular formula is C16H17BrN4O5S. The topological polar surface area (TPSA) is 127 Å². The van der Waals surface area contributed by atoms with Gasteiger partial charge in [0.2, 0.25) is 0 Å². The van der Waals surface area contributed by atoms with Crippen molar-refractivity contribution in [2.75, 3.05) is 11.9 Å². The second-order valence-corrected chi connectivity index (χ2v) is 7.90. The number of fused-ring (bicyclic) bond motifs is 1. The van der Waals surface area contributed by atoms with Crippen LogP contribution in [-0.4, -0.2) is 33.6 Å². The Balaban J connectivity index is 1.92. The number of nitrogens with zero attached hydrogens (tertiary/aromatic N) is 2. The number of hydrogen-bond acceptors (Lipinski definition) is 7. The summed E-state index contributed by atoms with van der Waals surface area (Å²) in [5.41, 5.74) is 1.16. The average molecular weight is 457 g/mol. The minimum atomic E-state index is -0.675. The highest BCUT2D eigenvalue weighted by atomic mass is 79.9. The summed E-state index contributed by atoms with van der Waals surface area (Å²) in [6.45, 7) is 2.20. The Labute approximate surface area is 166 Å². The van der Waals surface area contributed by atoms with Gasteiger partial charge in [-0.2, -0.15) is 0 Å². The maximum atomic E-state index is 12.6. The van der Waals surface area contributed by atoms with E-state index in [-0.39, 0.29) is 10.2 Å². The zero-order valence-corrected chi connectivity index (χ0v) is 16.9. The molecule has 0 radical (unpaired) electrons. The van der Waals surface area contributed by atoms with Gasteiger partial charge in [0, 0.05) is 4.88 Å². The molecule has 2 N–H and O–H groups in total. The standard InChI is InChI=1S/C16H17BrN4O5S/c1-2-7-26-16(23)10-8-5-3-4-6-9(8)27-15(10)18-14(22)12-11(17)13(20-19-12)21(24)25/h2-7H2,1H3,(H,18,22)(H,19,20). The molecule has 9 nitrogen and oxygen atoms in total. The van der Waals surface area contributed by atoms with Crippen LogP contribution in [0, 0.1) is 10.1 Å². The number of halogens is 1. The Hall–Kier alpha value is -2.27. The van der Waals surface area contributed by atoms with Gasteiger partial charge in [-0.3, -0.25) is 4.79 Å². The maximum absolute atomic E-state index is 12.6. The van der Waals surface area contributed by atoms with Crippen LogP contribution in [0.3, 0.4) is 0 Å². The van der Waals surface area contributed by atoms with Crippen molar-refractivity contribution in [2.24, 2.45) is 0 Å². The lowest BCUT2D eigenvalue weighted by molar-refractivity contribution is -0.390. The fourth-order valence-electron chi connectivity index (χ4n) is 2.89. The van der Waals surface area contributed by atoms with Crippen LogP contribution in [0.1, 0.15) is 57.5 Å². The molecule has 2 aromatic heterocycles. The minimum Gasteiger partial charge on any atom is -0.462 e. The highest BCUT2D eigenvalue weighted by Gasteiger charge is 2.30. The summed E-state index contributed by atoms with van der Waals surface area (Å²) < 4.78 is 5.24. The van der Waals surface area contributed by atoms with E-state index in [4.69, 9.17) is 4.74 Å². The normalized spacial score (nSPS) is 13.1. The third-order valence-electron chi connectivity index (χ3n) is 4.13. The molecule has 2 aromatic rings. The third kappa shape index (κ3) is 3.88. The van der Waals surface area contributed by atoms with E-state index in [1.54, 1.807) is 0 Å². The second-order valence-electron chi connectivity index (χ2n) is 6.00. The zero-order chi connectivity index (χ0) is 19.6. The molecule has 1 aliphatic carbocycles. The molecule has 1 amide bonds. The number of aromatic amines is 1. The van der Waals surface area contributed by atoms with Gasteiger partial charge in [-0.05, 0) is 58.5 Å². The third-order valence-corrected chi connectivity index (χ3v) is 6.09. The molecule has 11 heteroatoms. The fourth-order valence-corrected chi connectivity index (χ4v) is 4.66. The van der Waals surface area contributed by atoms with Crippen LogP contribution >= 0.6 is 27.3 Å². The number of rotatable bonds is 6. The lowest BCUT2D eigenvalue weighted by Gasteiger charge is -2.12. The highest BCUT2D eigenvalue weighted by molar-refractivity contribution is 9.10. The predicted molar refractivity (Wildman–Crippen MR) is 102 cm³/mol. The van der Waals surface area contributed by atoms with Crippen LogP contribution in [0.2, 0.25) is 0 Å². The van der Waals surface area contributed by atoms with E-state index in [0.717, 1.165) is 36.1 Å². The summed E-state index contributed by atoms with van der Waals surface area (Å²) in [5.74, 6) is -1.51. The van der Waals surface area contributed by atoms with E-state index in [2.05, 4.69) is 31.4 Å². The van der Waals surface area contributed by atoms with Crippen LogP contribution in [0.25, 0.3) is 0 Å². The van der Waals surface area contributed by atoms with Crippen LogP contribution in [0.4, 0.5) is 10.8 Å². The first-order valence-corrected chi connectivity index (χ1v) is 10.1. The molecule has 3 rings (SSSR count). The van der Waals surface area contributed by atoms with Crippen LogP contribution < -0.4 is 5.32 Å². The summed E-state index contributed by atoms with van der Waals surface area (Å²) >= 11 is 4.37. The molecule has 0 saturated carbocycles. The Morgan fingerprint density at radius 2 is 2.15 bits per heavy atom. The van der Waals surface area contributed by atoms with Crippen molar-refractivity contribution < 1.29 is 19.2 Å². The summed E-state index contributed by atoms with van der Waals surface area (Å²) in [4.78, 5) is 36.4. The predicted octanol–water partition coefficient (Wildman–Crippen LogP) is 3.84. The smallest absolute Gasteiger partial charge is 0.357 e. The molecule has 0 atom stereocenters. The lowest BCUT2D eigenvalue weighted by Crippen LogP contribution is -2.16. The molecule has 27 heavy (non-hydrogen) atoms. The fraction of sp³-hybridized carbons (Fsp3) is 0.438. The molecule has 1 aliphatic rings. The number of anilines is 1. The molecule has 0 fully saturated rings. The second kappa shape index (κ2) is 8.17. The molecule has 0 unspecified atom stereocenters. The van der Waals surface area contributed by atoms with E-state index in [0.29, 0.717) is 23.6 Å².